The maximum absolute atomic E-state index is 4.87. The van der Waals surface area contributed by atoms with Crippen molar-refractivity contribution in [3.05, 3.63) is 64.0 Å². The largest absolute Gasteiger partial charge is 0.359 e. The van der Waals surface area contributed by atoms with Crippen LogP contribution in [0.2, 0.25) is 0 Å². The number of rotatable bonds is 3. The van der Waals surface area contributed by atoms with Gasteiger partial charge in [0.25, 0.3) is 0 Å². The molecule has 0 saturated carbocycles. The predicted octanol–water partition coefficient (Wildman–Crippen LogP) is 4.77. The van der Waals surface area contributed by atoms with Crippen molar-refractivity contribution in [3.63, 3.8) is 0 Å². The van der Waals surface area contributed by atoms with Gasteiger partial charge in [-0.1, -0.05) is 32.1 Å². The fourth-order valence-electron chi connectivity index (χ4n) is 2.61. The van der Waals surface area contributed by atoms with E-state index in [0.29, 0.717) is 5.92 Å². The van der Waals surface area contributed by atoms with Crippen molar-refractivity contribution in [1.82, 2.24) is 5.32 Å². The van der Waals surface area contributed by atoms with Gasteiger partial charge in [0.1, 0.15) is 12.0 Å². The highest BCUT2D eigenvalue weighted by Gasteiger charge is 2.21. The van der Waals surface area contributed by atoms with Gasteiger partial charge >= 0.3 is 0 Å². The SMILES string of the molecule is C/C(=C\C(C)C)NC1=NC(c2ccsc2)Nc2ccccc21. The molecule has 1 atom stereocenters. The summed E-state index contributed by atoms with van der Waals surface area (Å²) in [6.45, 7) is 6.45. The van der Waals surface area contributed by atoms with Crippen molar-refractivity contribution in [2.75, 3.05) is 5.32 Å². The van der Waals surface area contributed by atoms with Gasteiger partial charge < -0.3 is 10.6 Å². The number of allylic oxidation sites excluding steroid dienone is 2. The Balaban J connectivity index is 1.95. The Morgan fingerprint density at radius 2 is 2.14 bits per heavy atom. The lowest BCUT2D eigenvalue weighted by Crippen LogP contribution is -2.29. The molecule has 2 aromatic rings. The minimum absolute atomic E-state index is 0.0319. The van der Waals surface area contributed by atoms with Crippen LogP contribution in [0.3, 0.4) is 0 Å². The van der Waals surface area contributed by atoms with E-state index in [-0.39, 0.29) is 6.17 Å². The van der Waals surface area contributed by atoms with E-state index < -0.39 is 0 Å². The molecule has 0 saturated heterocycles. The second kappa shape index (κ2) is 6.36. The first-order chi connectivity index (χ1) is 10.6. The summed E-state index contributed by atoms with van der Waals surface area (Å²) in [5, 5.41) is 11.2. The number of fused-ring (bicyclic) bond motifs is 1. The number of hydrogen-bond acceptors (Lipinski definition) is 4. The molecule has 1 aliphatic heterocycles. The summed E-state index contributed by atoms with van der Waals surface area (Å²) in [5.41, 5.74) is 4.57. The summed E-state index contributed by atoms with van der Waals surface area (Å²) in [7, 11) is 0. The number of anilines is 1. The van der Waals surface area contributed by atoms with Crippen LogP contribution in [-0.2, 0) is 0 Å². The van der Waals surface area contributed by atoms with E-state index in [9.17, 15) is 0 Å². The van der Waals surface area contributed by atoms with Crippen molar-refractivity contribution in [1.29, 1.82) is 0 Å². The van der Waals surface area contributed by atoms with Crippen LogP contribution in [0.1, 0.15) is 38.1 Å². The maximum atomic E-state index is 4.87. The molecule has 1 aromatic carbocycles. The van der Waals surface area contributed by atoms with Gasteiger partial charge in [-0.2, -0.15) is 11.3 Å². The first-order valence-corrected chi connectivity index (χ1v) is 8.49. The monoisotopic (exact) mass is 311 g/mol. The lowest BCUT2D eigenvalue weighted by Gasteiger charge is -2.26. The molecule has 0 fully saturated rings. The average Bonchev–Trinajstić information content (AvgIpc) is 3.00. The highest BCUT2D eigenvalue weighted by molar-refractivity contribution is 7.08. The van der Waals surface area contributed by atoms with Crippen molar-refractivity contribution < 1.29 is 0 Å². The molecule has 1 unspecified atom stereocenters. The van der Waals surface area contributed by atoms with Gasteiger partial charge in [-0.25, -0.2) is 4.99 Å². The van der Waals surface area contributed by atoms with Crippen molar-refractivity contribution >= 4 is 22.9 Å². The van der Waals surface area contributed by atoms with Gasteiger partial charge in [-0.3, -0.25) is 0 Å². The van der Waals surface area contributed by atoms with E-state index in [2.05, 4.69) is 72.5 Å². The van der Waals surface area contributed by atoms with Crippen LogP contribution in [0, 0.1) is 5.92 Å². The molecule has 3 nitrogen and oxygen atoms in total. The molecule has 2 heterocycles. The van der Waals surface area contributed by atoms with Gasteiger partial charge in [-0.15, -0.1) is 0 Å². The number of nitrogens with zero attached hydrogens (tertiary/aromatic N) is 1. The van der Waals surface area contributed by atoms with Crippen molar-refractivity contribution in [2.24, 2.45) is 10.9 Å². The normalized spacial score (nSPS) is 17.7. The molecule has 114 valence electrons. The molecule has 0 radical (unpaired) electrons. The number of thiophene rings is 1. The first kappa shape index (κ1) is 14.9. The zero-order valence-electron chi connectivity index (χ0n) is 13.1. The van der Waals surface area contributed by atoms with Gasteiger partial charge in [-0.05, 0) is 41.8 Å². The second-order valence-electron chi connectivity index (χ2n) is 5.85. The molecular weight excluding hydrogens is 290 g/mol. The van der Waals surface area contributed by atoms with Crippen LogP contribution in [0.5, 0.6) is 0 Å². The third-order valence-corrected chi connectivity index (χ3v) is 4.19. The Morgan fingerprint density at radius 1 is 1.32 bits per heavy atom. The average molecular weight is 311 g/mol. The zero-order valence-corrected chi connectivity index (χ0v) is 13.9. The minimum Gasteiger partial charge on any atom is -0.359 e. The molecule has 0 bridgehead atoms. The molecule has 22 heavy (non-hydrogen) atoms. The third kappa shape index (κ3) is 3.22. The van der Waals surface area contributed by atoms with Crippen LogP contribution in [0.25, 0.3) is 0 Å². The summed E-state index contributed by atoms with van der Waals surface area (Å²) in [4.78, 5) is 4.87. The number of amidine groups is 1. The van der Waals surface area contributed by atoms with Gasteiger partial charge in [0.05, 0.1) is 0 Å². The Kier molecular flexibility index (Phi) is 4.29. The molecule has 4 heteroatoms. The number of nitrogens with one attached hydrogen (secondary N) is 2. The predicted molar refractivity (Wildman–Crippen MR) is 95.4 cm³/mol. The summed E-state index contributed by atoms with van der Waals surface area (Å²) < 4.78 is 0. The topological polar surface area (TPSA) is 36.4 Å². The summed E-state index contributed by atoms with van der Waals surface area (Å²) in [6, 6.07) is 10.4. The fourth-order valence-corrected chi connectivity index (χ4v) is 3.29. The van der Waals surface area contributed by atoms with E-state index in [1.165, 1.54) is 5.56 Å². The lowest BCUT2D eigenvalue weighted by atomic mass is 10.1. The minimum atomic E-state index is -0.0319. The highest BCUT2D eigenvalue weighted by atomic mass is 32.1. The molecule has 3 rings (SSSR count). The van der Waals surface area contributed by atoms with Gasteiger partial charge in [0, 0.05) is 22.5 Å². The molecule has 0 spiro atoms. The summed E-state index contributed by atoms with van der Waals surface area (Å²) >= 11 is 1.70. The summed E-state index contributed by atoms with van der Waals surface area (Å²) in [6.07, 6.45) is 2.18. The lowest BCUT2D eigenvalue weighted by molar-refractivity contribution is 0.800. The van der Waals surface area contributed by atoms with Crippen LogP contribution in [-0.4, -0.2) is 5.84 Å². The number of hydrogen-bond donors (Lipinski definition) is 2. The number of para-hydroxylation sites is 1. The fraction of sp³-hybridized carbons (Fsp3) is 0.278. The van der Waals surface area contributed by atoms with Crippen LogP contribution < -0.4 is 10.6 Å². The zero-order chi connectivity index (χ0) is 15.5. The Labute approximate surface area is 135 Å². The van der Waals surface area contributed by atoms with Gasteiger partial charge in [0.2, 0.25) is 0 Å². The van der Waals surface area contributed by atoms with Crippen LogP contribution in [0.15, 0.2) is 57.9 Å². The number of aliphatic imine (C=N–C) groups is 1. The first-order valence-electron chi connectivity index (χ1n) is 7.55. The van der Waals surface area contributed by atoms with Crippen LogP contribution >= 0.6 is 11.3 Å². The smallest absolute Gasteiger partial charge is 0.147 e. The standard InChI is InChI=1S/C18H21N3S/c1-12(2)10-13(3)19-18-15-6-4-5-7-16(15)20-17(21-18)14-8-9-22-11-14/h4-12,17,20H,1-3H3,(H,19,21)/b13-10+. The molecule has 0 amide bonds. The molecule has 2 N–H and O–H groups in total. The number of benzene rings is 1. The van der Waals surface area contributed by atoms with E-state index in [4.69, 9.17) is 4.99 Å². The molecule has 0 aliphatic carbocycles. The second-order valence-corrected chi connectivity index (χ2v) is 6.63. The quantitative estimate of drug-likeness (QED) is 0.856. The van der Waals surface area contributed by atoms with E-state index in [0.717, 1.165) is 22.8 Å². The Bertz CT molecular complexity index is 699. The summed E-state index contributed by atoms with van der Waals surface area (Å²) in [5.74, 6) is 1.44. The maximum Gasteiger partial charge on any atom is 0.147 e. The molecule has 1 aromatic heterocycles. The van der Waals surface area contributed by atoms with E-state index >= 15 is 0 Å². The van der Waals surface area contributed by atoms with Crippen molar-refractivity contribution in [3.8, 4) is 0 Å². The van der Waals surface area contributed by atoms with E-state index in [1.54, 1.807) is 11.3 Å². The molecule has 1 aliphatic rings. The van der Waals surface area contributed by atoms with E-state index in [1.807, 2.05) is 6.07 Å². The Hall–Kier alpha value is -2.07. The van der Waals surface area contributed by atoms with Gasteiger partial charge in [0.15, 0.2) is 0 Å². The van der Waals surface area contributed by atoms with Crippen molar-refractivity contribution in [2.45, 2.75) is 26.9 Å². The highest BCUT2D eigenvalue weighted by Crippen LogP contribution is 2.30. The molecular formula is C18H21N3S. The van der Waals surface area contributed by atoms with Crippen LogP contribution in [0.4, 0.5) is 5.69 Å². The Morgan fingerprint density at radius 3 is 2.86 bits per heavy atom. The third-order valence-electron chi connectivity index (χ3n) is 3.49.